The molecule has 0 aliphatic heterocycles. The first-order chi connectivity index (χ1) is 11.1. The molecule has 1 aromatic carbocycles. The van der Waals surface area contributed by atoms with E-state index < -0.39 is 26.7 Å². The quantitative estimate of drug-likeness (QED) is 0.770. The van der Waals surface area contributed by atoms with Crippen LogP contribution in [0.4, 0.5) is 18.3 Å². The van der Waals surface area contributed by atoms with E-state index in [4.69, 9.17) is 0 Å². The van der Waals surface area contributed by atoms with E-state index >= 15 is 0 Å². The minimum atomic E-state index is -4.75. The van der Waals surface area contributed by atoms with E-state index in [1.165, 1.54) is 13.1 Å². The summed E-state index contributed by atoms with van der Waals surface area (Å²) in [5.41, 5.74) is -0.459. The van der Waals surface area contributed by atoms with Gasteiger partial charge in [-0.15, -0.1) is 11.3 Å². The zero-order chi connectivity index (χ0) is 18.1. The summed E-state index contributed by atoms with van der Waals surface area (Å²) >= 11 is 1.09. The lowest BCUT2D eigenvalue weighted by Gasteiger charge is -2.19. The number of thiazole rings is 1. The third-order valence-electron chi connectivity index (χ3n) is 3.73. The predicted molar refractivity (Wildman–Crippen MR) is 87.9 cm³/mol. The lowest BCUT2D eigenvalue weighted by molar-refractivity contribution is -0.139. The fourth-order valence-electron chi connectivity index (χ4n) is 2.03. The molecule has 1 atom stereocenters. The largest absolute Gasteiger partial charge is 0.417 e. The van der Waals surface area contributed by atoms with Crippen LogP contribution < -0.4 is 4.31 Å². The molecule has 0 radical (unpaired) electrons. The number of alkyl halides is 3. The van der Waals surface area contributed by atoms with Gasteiger partial charge in [0.05, 0.1) is 16.2 Å². The van der Waals surface area contributed by atoms with Crippen LogP contribution >= 0.6 is 11.3 Å². The summed E-state index contributed by atoms with van der Waals surface area (Å²) < 4.78 is 65.4. The zero-order valence-electron chi connectivity index (χ0n) is 13.3. The van der Waals surface area contributed by atoms with Crippen LogP contribution in [0.15, 0.2) is 34.5 Å². The van der Waals surface area contributed by atoms with Crippen molar-refractivity contribution < 1.29 is 21.6 Å². The third kappa shape index (κ3) is 3.56. The van der Waals surface area contributed by atoms with Gasteiger partial charge in [0.15, 0.2) is 5.13 Å². The second-order valence-electron chi connectivity index (χ2n) is 5.33. The molecular formula is C15H17F3N2O2S2. The topological polar surface area (TPSA) is 50.3 Å². The molecular weight excluding hydrogens is 361 g/mol. The summed E-state index contributed by atoms with van der Waals surface area (Å²) in [6.45, 7) is 3.93. The van der Waals surface area contributed by atoms with Crippen LogP contribution in [0.1, 0.15) is 37.4 Å². The van der Waals surface area contributed by atoms with Crippen molar-refractivity contribution in [3.05, 3.63) is 40.9 Å². The Morgan fingerprint density at radius 2 is 1.92 bits per heavy atom. The van der Waals surface area contributed by atoms with Crippen LogP contribution in [0.2, 0.25) is 0 Å². The van der Waals surface area contributed by atoms with Crippen LogP contribution in [-0.4, -0.2) is 20.4 Å². The fraction of sp³-hybridized carbons (Fsp3) is 0.400. The van der Waals surface area contributed by atoms with Gasteiger partial charge < -0.3 is 0 Å². The first-order valence-electron chi connectivity index (χ1n) is 7.19. The summed E-state index contributed by atoms with van der Waals surface area (Å²) in [4.78, 5) is 3.47. The Morgan fingerprint density at radius 1 is 1.29 bits per heavy atom. The standard InChI is InChI=1S/C15H17F3N2O2S2/c1-4-10(2)12-9-23-14(19-12)20(3)24(21,22)13-8-6-5-7-11(13)15(16,17)18/h5-10H,4H2,1-3H3/t10-/m0/s1. The Bertz CT molecular complexity index is 816. The first kappa shape index (κ1) is 18.7. The van der Waals surface area contributed by atoms with Gasteiger partial charge in [0.1, 0.15) is 0 Å². The molecule has 2 rings (SSSR count). The van der Waals surface area contributed by atoms with Crippen LogP contribution in [0, 0.1) is 0 Å². The van der Waals surface area contributed by atoms with Gasteiger partial charge in [-0.2, -0.15) is 13.2 Å². The van der Waals surface area contributed by atoms with E-state index in [-0.39, 0.29) is 11.0 Å². The number of hydrogen-bond donors (Lipinski definition) is 0. The molecule has 9 heteroatoms. The summed E-state index contributed by atoms with van der Waals surface area (Å²) in [6, 6.07) is 4.14. The van der Waals surface area contributed by atoms with Crippen molar-refractivity contribution in [1.29, 1.82) is 0 Å². The van der Waals surface area contributed by atoms with Gasteiger partial charge in [-0.25, -0.2) is 17.7 Å². The molecule has 0 bridgehead atoms. The number of aromatic nitrogens is 1. The summed E-state index contributed by atoms with van der Waals surface area (Å²) in [6.07, 6.45) is -3.92. The molecule has 1 heterocycles. The van der Waals surface area contributed by atoms with Crippen LogP contribution in [0.3, 0.4) is 0 Å². The van der Waals surface area contributed by atoms with E-state index in [0.29, 0.717) is 0 Å². The van der Waals surface area contributed by atoms with E-state index in [9.17, 15) is 21.6 Å². The molecule has 0 aliphatic rings. The molecule has 1 aromatic heterocycles. The molecule has 2 aromatic rings. The highest BCUT2D eigenvalue weighted by molar-refractivity contribution is 7.93. The molecule has 0 unspecified atom stereocenters. The van der Waals surface area contributed by atoms with Gasteiger partial charge in [0.25, 0.3) is 10.0 Å². The molecule has 0 spiro atoms. The second kappa shape index (κ2) is 6.72. The molecule has 0 amide bonds. The van der Waals surface area contributed by atoms with Crippen molar-refractivity contribution >= 4 is 26.5 Å². The molecule has 0 fully saturated rings. The third-order valence-corrected chi connectivity index (χ3v) is 6.58. The van der Waals surface area contributed by atoms with Gasteiger partial charge in [0.2, 0.25) is 0 Å². The van der Waals surface area contributed by atoms with Crippen molar-refractivity contribution in [3.8, 4) is 0 Å². The zero-order valence-corrected chi connectivity index (χ0v) is 15.0. The predicted octanol–water partition coefficient (Wildman–Crippen LogP) is 4.50. The summed E-state index contributed by atoms with van der Waals surface area (Å²) in [7, 11) is -3.15. The molecule has 0 N–H and O–H groups in total. The van der Waals surface area contributed by atoms with Crippen molar-refractivity contribution in [2.45, 2.75) is 37.3 Å². The molecule has 0 aliphatic carbocycles. The Hall–Kier alpha value is -1.61. The van der Waals surface area contributed by atoms with E-state index in [2.05, 4.69) is 4.98 Å². The normalized spacial score (nSPS) is 13.8. The smallest absolute Gasteiger partial charge is 0.244 e. The molecule has 0 saturated carbocycles. The van der Waals surface area contributed by atoms with E-state index in [1.54, 1.807) is 5.38 Å². The fourth-order valence-corrected chi connectivity index (χ4v) is 4.53. The highest BCUT2D eigenvalue weighted by Gasteiger charge is 2.38. The number of sulfonamides is 1. The SMILES string of the molecule is CC[C@H](C)c1csc(N(C)S(=O)(=O)c2ccccc2C(F)(F)F)n1. The number of hydrogen-bond acceptors (Lipinski definition) is 4. The minimum Gasteiger partial charge on any atom is -0.244 e. The van der Waals surface area contributed by atoms with Crippen LogP contribution in [0.5, 0.6) is 0 Å². The van der Waals surface area contributed by atoms with Crippen molar-refractivity contribution in [3.63, 3.8) is 0 Å². The Kier molecular flexibility index (Phi) is 5.24. The average Bonchev–Trinajstić information content (AvgIpc) is 3.02. The minimum absolute atomic E-state index is 0.141. The molecule has 0 saturated heterocycles. The van der Waals surface area contributed by atoms with E-state index in [0.717, 1.165) is 46.0 Å². The van der Waals surface area contributed by atoms with Gasteiger partial charge in [0, 0.05) is 12.4 Å². The Labute approximate surface area is 143 Å². The molecule has 24 heavy (non-hydrogen) atoms. The van der Waals surface area contributed by atoms with Crippen molar-refractivity contribution in [1.82, 2.24) is 4.98 Å². The number of halogens is 3. The lowest BCUT2D eigenvalue weighted by Crippen LogP contribution is -2.28. The Morgan fingerprint density at radius 3 is 2.50 bits per heavy atom. The van der Waals surface area contributed by atoms with Crippen molar-refractivity contribution in [2.75, 3.05) is 11.4 Å². The maximum Gasteiger partial charge on any atom is 0.417 e. The number of anilines is 1. The maximum atomic E-state index is 13.1. The highest BCUT2D eigenvalue weighted by Crippen LogP contribution is 2.36. The number of nitrogens with zero attached hydrogens (tertiary/aromatic N) is 2. The van der Waals surface area contributed by atoms with Crippen LogP contribution in [-0.2, 0) is 16.2 Å². The van der Waals surface area contributed by atoms with Gasteiger partial charge in [-0.05, 0) is 24.5 Å². The average molecular weight is 378 g/mol. The highest BCUT2D eigenvalue weighted by atomic mass is 32.2. The molecule has 132 valence electrons. The first-order valence-corrected chi connectivity index (χ1v) is 9.51. The monoisotopic (exact) mass is 378 g/mol. The Balaban J connectivity index is 2.46. The maximum absolute atomic E-state index is 13.1. The lowest BCUT2D eigenvalue weighted by atomic mass is 10.1. The summed E-state index contributed by atoms with van der Waals surface area (Å²) in [5.74, 6) is 0.147. The van der Waals surface area contributed by atoms with Gasteiger partial charge >= 0.3 is 6.18 Å². The second-order valence-corrected chi connectivity index (χ2v) is 8.10. The van der Waals surface area contributed by atoms with E-state index in [1.807, 2.05) is 13.8 Å². The van der Waals surface area contributed by atoms with Gasteiger partial charge in [-0.1, -0.05) is 26.0 Å². The molecule has 4 nitrogen and oxygen atoms in total. The van der Waals surface area contributed by atoms with Gasteiger partial charge in [-0.3, -0.25) is 0 Å². The van der Waals surface area contributed by atoms with Crippen molar-refractivity contribution in [2.24, 2.45) is 0 Å². The number of rotatable bonds is 5. The van der Waals surface area contributed by atoms with Crippen LogP contribution in [0.25, 0.3) is 0 Å². The number of benzene rings is 1. The summed E-state index contributed by atoms with van der Waals surface area (Å²) in [5, 5.41) is 1.87.